The van der Waals surface area contributed by atoms with Crippen LogP contribution in [0.25, 0.3) is 28.2 Å². The van der Waals surface area contributed by atoms with E-state index in [2.05, 4.69) is 65.8 Å². The Balaban J connectivity index is 1.69. The van der Waals surface area contributed by atoms with Gasteiger partial charge in [0.1, 0.15) is 5.82 Å². The van der Waals surface area contributed by atoms with Crippen molar-refractivity contribution in [1.29, 1.82) is 0 Å². The molecule has 3 N–H and O–H groups in total. The average Bonchev–Trinajstić information content (AvgIpc) is 3.27. The summed E-state index contributed by atoms with van der Waals surface area (Å²) in [6, 6.07) is 19.1. The Hall–Kier alpha value is -3.22. The molecule has 0 aliphatic heterocycles. The Morgan fingerprint density at radius 3 is 2.50 bits per heavy atom. The smallest absolute Gasteiger partial charge is 0.235 e. The van der Waals surface area contributed by atoms with Gasteiger partial charge in [0.15, 0.2) is 0 Å². The van der Waals surface area contributed by atoms with Gasteiger partial charge in [-0.05, 0) is 37.3 Å². The fourth-order valence-corrected chi connectivity index (χ4v) is 4.50. The minimum Gasteiger partial charge on any atom is -0.383 e. The van der Waals surface area contributed by atoms with Crippen molar-refractivity contribution in [2.24, 2.45) is 5.73 Å². The molecule has 32 heavy (non-hydrogen) atoms. The summed E-state index contributed by atoms with van der Waals surface area (Å²) in [6.45, 7) is 2.70. The normalized spacial score (nSPS) is 16.0. The first-order chi connectivity index (χ1) is 15.6. The Morgan fingerprint density at radius 2 is 1.84 bits per heavy atom. The molecule has 1 unspecified atom stereocenters. The number of imidazole rings is 1. The Morgan fingerprint density at radius 1 is 1.09 bits per heavy atom. The quantitative estimate of drug-likeness (QED) is 0.441. The minimum absolute atomic E-state index is 0.112. The molecule has 0 bridgehead atoms. The fraction of sp³-hybridized carbons (Fsp3) is 0.308. The third-order valence-corrected chi connectivity index (χ3v) is 6.39. The molecule has 1 atom stereocenters. The summed E-state index contributed by atoms with van der Waals surface area (Å²) >= 11 is 0. The standard InChI is InChI=1S/C26H29N5O/c1-18(17-32-2)29-24-22(19-7-4-3-5-8-19)23(30-25-28-15-16-31(24)25)20-9-11-21(12-10-20)26(27)13-6-14-26/h3-5,7-12,15-16,18,29H,6,13-14,17,27H2,1-2H3. The van der Waals surface area contributed by atoms with Crippen LogP contribution in [0.5, 0.6) is 0 Å². The molecular formula is C26H29N5O. The van der Waals surface area contributed by atoms with Gasteiger partial charge in [0, 0.05) is 42.2 Å². The molecule has 4 aromatic rings. The van der Waals surface area contributed by atoms with Gasteiger partial charge in [-0.2, -0.15) is 0 Å². The Labute approximate surface area is 188 Å². The van der Waals surface area contributed by atoms with E-state index in [0.717, 1.165) is 41.0 Å². The zero-order valence-corrected chi connectivity index (χ0v) is 18.6. The number of aromatic nitrogens is 3. The second-order valence-corrected chi connectivity index (χ2v) is 8.74. The topological polar surface area (TPSA) is 77.5 Å². The number of nitrogens with two attached hydrogens (primary N) is 1. The molecule has 6 heteroatoms. The van der Waals surface area contributed by atoms with E-state index < -0.39 is 0 Å². The number of benzene rings is 2. The summed E-state index contributed by atoms with van der Waals surface area (Å²) < 4.78 is 7.39. The second-order valence-electron chi connectivity index (χ2n) is 8.74. The summed E-state index contributed by atoms with van der Waals surface area (Å²) in [5, 5.41) is 3.64. The number of nitrogens with one attached hydrogen (secondary N) is 1. The highest BCUT2D eigenvalue weighted by atomic mass is 16.5. The van der Waals surface area contributed by atoms with Crippen LogP contribution in [-0.2, 0) is 10.3 Å². The second kappa shape index (κ2) is 8.37. The Kier molecular flexibility index (Phi) is 5.41. The van der Waals surface area contributed by atoms with Gasteiger partial charge in [-0.25, -0.2) is 9.97 Å². The van der Waals surface area contributed by atoms with Crippen molar-refractivity contribution < 1.29 is 4.74 Å². The predicted molar refractivity (Wildman–Crippen MR) is 129 cm³/mol. The molecular weight excluding hydrogens is 398 g/mol. The number of ether oxygens (including phenoxy) is 1. The molecule has 0 amide bonds. The van der Waals surface area contributed by atoms with E-state index in [4.69, 9.17) is 15.5 Å². The lowest BCUT2D eigenvalue weighted by atomic mass is 9.72. The SMILES string of the molecule is COCC(C)Nc1c(-c2ccccc2)c(-c2ccc(C3(N)CCC3)cc2)nc2nccn12. The lowest BCUT2D eigenvalue weighted by Gasteiger charge is -2.38. The highest BCUT2D eigenvalue weighted by Gasteiger charge is 2.34. The van der Waals surface area contributed by atoms with Gasteiger partial charge in [0.05, 0.1) is 12.3 Å². The van der Waals surface area contributed by atoms with E-state index in [-0.39, 0.29) is 11.6 Å². The first kappa shape index (κ1) is 20.7. The third kappa shape index (κ3) is 3.66. The summed E-state index contributed by atoms with van der Waals surface area (Å²) in [5.74, 6) is 1.61. The summed E-state index contributed by atoms with van der Waals surface area (Å²) in [7, 11) is 1.72. The number of nitrogens with zero attached hydrogens (tertiary/aromatic N) is 3. The summed E-state index contributed by atoms with van der Waals surface area (Å²) in [4.78, 5) is 9.46. The number of methoxy groups -OCH3 is 1. The van der Waals surface area contributed by atoms with Crippen LogP contribution in [-0.4, -0.2) is 34.1 Å². The molecule has 2 aromatic heterocycles. The molecule has 5 rings (SSSR count). The van der Waals surface area contributed by atoms with Gasteiger partial charge in [-0.1, -0.05) is 54.6 Å². The third-order valence-electron chi connectivity index (χ3n) is 6.39. The van der Waals surface area contributed by atoms with E-state index in [9.17, 15) is 0 Å². The first-order valence-corrected chi connectivity index (χ1v) is 11.2. The maximum absolute atomic E-state index is 6.55. The zero-order valence-electron chi connectivity index (χ0n) is 18.6. The molecule has 1 fully saturated rings. The highest BCUT2D eigenvalue weighted by Crippen LogP contribution is 2.41. The largest absolute Gasteiger partial charge is 0.383 e. The van der Waals surface area contributed by atoms with Crippen LogP contribution in [0, 0.1) is 0 Å². The van der Waals surface area contributed by atoms with Crippen LogP contribution < -0.4 is 11.1 Å². The van der Waals surface area contributed by atoms with Crippen LogP contribution in [0.15, 0.2) is 67.0 Å². The van der Waals surface area contributed by atoms with Gasteiger partial charge in [0.25, 0.3) is 0 Å². The minimum atomic E-state index is -0.177. The van der Waals surface area contributed by atoms with Crippen molar-refractivity contribution >= 4 is 11.6 Å². The van der Waals surface area contributed by atoms with E-state index >= 15 is 0 Å². The molecule has 1 saturated carbocycles. The summed E-state index contributed by atoms with van der Waals surface area (Å²) in [5.41, 5.74) is 11.6. The molecule has 2 heterocycles. The van der Waals surface area contributed by atoms with Crippen LogP contribution in [0.3, 0.4) is 0 Å². The van der Waals surface area contributed by atoms with Gasteiger partial charge in [0.2, 0.25) is 5.78 Å². The van der Waals surface area contributed by atoms with Crippen LogP contribution in [0.4, 0.5) is 5.82 Å². The lowest BCUT2D eigenvalue weighted by Crippen LogP contribution is -2.43. The highest BCUT2D eigenvalue weighted by molar-refractivity contribution is 5.90. The van der Waals surface area contributed by atoms with Gasteiger partial charge >= 0.3 is 0 Å². The lowest BCUT2D eigenvalue weighted by molar-refractivity contribution is 0.190. The summed E-state index contributed by atoms with van der Waals surface area (Å²) in [6.07, 6.45) is 7.02. The van der Waals surface area contributed by atoms with E-state index in [1.165, 1.54) is 12.0 Å². The van der Waals surface area contributed by atoms with Crippen molar-refractivity contribution in [2.75, 3.05) is 19.0 Å². The number of hydrogen-bond acceptors (Lipinski definition) is 5. The number of rotatable bonds is 7. The van der Waals surface area contributed by atoms with Crippen molar-refractivity contribution in [3.8, 4) is 22.4 Å². The molecule has 0 spiro atoms. The molecule has 1 aliphatic carbocycles. The number of fused-ring (bicyclic) bond motifs is 1. The zero-order chi connectivity index (χ0) is 22.1. The number of anilines is 1. The van der Waals surface area contributed by atoms with Crippen molar-refractivity contribution in [1.82, 2.24) is 14.4 Å². The van der Waals surface area contributed by atoms with E-state index in [0.29, 0.717) is 12.4 Å². The average molecular weight is 428 g/mol. The molecule has 0 radical (unpaired) electrons. The maximum atomic E-state index is 6.55. The Bertz CT molecular complexity index is 1210. The first-order valence-electron chi connectivity index (χ1n) is 11.2. The van der Waals surface area contributed by atoms with Crippen LogP contribution >= 0.6 is 0 Å². The van der Waals surface area contributed by atoms with Gasteiger partial charge < -0.3 is 15.8 Å². The maximum Gasteiger partial charge on any atom is 0.235 e. The van der Waals surface area contributed by atoms with Crippen molar-refractivity contribution in [2.45, 2.75) is 37.8 Å². The van der Waals surface area contributed by atoms with Gasteiger partial charge in [-0.3, -0.25) is 4.40 Å². The molecule has 164 valence electrons. The fourth-order valence-electron chi connectivity index (χ4n) is 4.50. The van der Waals surface area contributed by atoms with Crippen molar-refractivity contribution in [3.63, 3.8) is 0 Å². The monoisotopic (exact) mass is 427 g/mol. The predicted octanol–water partition coefficient (Wildman–Crippen LogP) is 4.85. The molecule has 0 saturated heterocycles. The number of hydrogen-bond donors (Lipinski definition) is 2. The molecule has 1 aliphatic rings. The molecule has 2 aromatic carbocycles. The van der Waals surface area contributed by atoms with Gasteiger partial charge in [-0.15, -0.1) is 0 Å². The van der Waals surface area contributed by atoms with E-state index in [1.54, 1.807) is 13.3 Å². The van der Waals surface area contributed by atoms with Crippen molar-refractivity contribution in [3.05, 3.63) is 72.6 Å². The van der Waals surface area contributed by atoms with E-state index in [1.807, 2.05) is 16.7 Å². The molecule has 6 nitrogen and oxygen atoms in total. The van der Waals surface area contributed by atoms with Crippen LogP contribution in [0.1, 0.15) is 31.7 Å². The van der Waals surface area contributed by atoms with Crippen LogP contribution in [0.2, 0.25) is 0 Å².